The van der Waals surface area contributed by atoms with Crippen molar-refractivity contribution in [3.05, 3.63) is 34.9 Å². The predicted octanol–water partition coefficient (Wildman–Crippen LogP) is 2.65. The smallest absolute Gasteiger partial charge is 0.230 e. The van der Waals surface area contributed by atoms with Gasteiger partial charge in [0.05, 0.1) is 12.0 Å². The summed E-state index contributed by atoms with van der Waals surface area (Å²) >= 11 is 6.05. The maximum Gasteiger partial charge on any atom is 0.230 e. The van der Waals surface area contributed by atoms with Crippen LogP contribution in [0.3, 0.4) is 0 Å². The third-order valence-electron chi connectivity index (χ3n) is 3.92. The van der Waals surface area contributed by atoms with E-state index >= 15 is 0 Å². The van der Waals surface area contributed by atoms with Crippen molar-refractivity contribution in [1.82, 2.24) is 5.32 Å². The summed E-state index contributed by atoms with van der Waals surface area (Å²) in [6.45, 7) is 1.76. The highest BCUT2D eigenvalue weighted by Gasteiger charge is 2.42. The fourth-order valence-electron chi connectivity index (χ4n) is 2.82. The molecule has 1 saturated carbocycles. The number of benzene rings is 1. The summed E-state index contributed by atoms with van der Waals surface area (Å²) in [6, 6.07) is 7.35. The Labute approximate surface area is 119 Å². The molecule has 2 N–H and O–H groups in total. The molecule has 1 fully saturated rings. The Balaban J connectivity index is 2.30. The molecule has 2 rings (SSSR count). The Hall–Kier alpha value is -1.06. The van der Waals surface area contributed by atoms with Gasteiger partial charge in [0.2, 0.25) is 5.91 Å². The number of carbonyl (C=O) groups excluding carboxylic acids is 1. The maximum absolute atomic E-state index is 12.6. The van der Waals surface area contributed by atoms with Crippen LogP contribution < -0.4 is 5.32 Å². The lowest BCUT2D eigenvalue weighted by molar-refractivity contribution is -0.127. The normalized spacial score (nSPS) is 19.1. The molecule has 19 heavy (non-hydrogen) atoms. The molecular weight excluding hydrogens is 262 g/mol. The van der Waals surface area contributed by atoms with Gasteiger partial charge in [-0.05, 0) is 37.5 Å². The van der Waals surface area contributed by atoms with Crippen LogP contribution in [0.25, 0.3) is 0 Å². The predicted molar refractivity (Wildman–Crippen MR) is 76.3 cm³/mol. The summed E-state index contributed by atoms with van der Waals surface area (Å²) in [4.78, 5) is 12.6. The number of hydrogen-bond acceptors (Lipinski definition) is 2. The van der Waals surface area contributed by atoms with E-state index in [1.54, 1.807) is 6.92 Å². The zero-order valence-corrected chi connectivity index (χ0v) is 11.9. The first-order valence-corrected chi connectivity index (χ1v) is 7.14. The summed E-state index contributed by atoms with van der Waals surface area (Å²) in [5.74, 6) is 0.00816. The second-order valence-corrected chi connectivity index (χ2v) is 5.79. The van der Waals surface area contributed by atoms with Crippen molar-refractivity contribution in [1.29, 1.82) is 0 Å². The van der Waals surface area contributed by atoms with Gasteiger partial charge < -0.3 is 10.4 Å². The average Bonchev–Trinajstić information content (AvgIpc) is 2.89. The van der Waals surface area contributed by atoms with Crippen LogP contribution in [0.2, 0.25) is 5.02 Å². The molecule has 0 bridgehead atoms. The molecule has 1 aromatic rings. The van der Waals surface area contributed by atoms with Gasteiger partial charge in [0.15, 0.2) is 0 Å². The highest BCUT2D eigenvalue weighted by Crippen LogP contribution is 2.42. The molecular formula is C15H20ClNO2. The van der Waals surface area contributed by atoms with Crippen molar-refractivity contribution in [3.8, 4) is 0 Å². The van der Waals surface area contributed by atoms with E-state index in [4.69, 9.17) is 16.7 Å². The Morgan fingerprint density at radius 2 is 2.16 bits per heavy atom. The summed E-state index contributed by atoms with van der Waals surface area (Å²) in [5.41, 5.74) is 0.508. The van der Waals surface area contributed by atoms with Crippen molar-refractivity contribution in [3.63, 3.8) is 0 Å². The third-order valence-corrected chi connectivity index (χ3v) is 4.16. The van der Waals surface area contributed by atoms with Gasteiger partial charge in [0.25, 0.3) is 0 Å². The number of nitrogens with one attached hydrogen (secondary N) is 1. The minimum absolute atomic E-state index is 0.00816. The van der Waals surface area contributed by atoms with E-state index in [1.165, 1.54) is 0 Å². The van der Waals surface area contributed by atoms with E-state index < -0.39 is 5.41 Å². The molecule has 0 heterocycles. The zero-order chi connectivity index (χ0) is 13.9. The van der Waals surface area contributed by atoms with Crippen molar-refractivity contribution in [2.45, 2.75) is 44.1 Å². The van der Waals surface area contributed by atoms with Crippen LogP contribution in [0.15, 0.2) is 24.3 Å². The first kappa shape index (κ1) is 14.4. The minimum atomic E-state index is -0.478. The number of amides is 1. The highest BCUT2D eigenvalue weighted by atomic mass is 35.5. The number of carbonyl (C=O) groups is 1. The third kappa shape index (κ3) is 2.93. The van der Waals surface area contributed by atoms with Gasteiger partial charge in [-0.25, -0.2) is 0 Å². The monoisotopic (exact) mass is 281 g/mol. The highest BCUT2D eigenvalue weighted by molar-refractivity contribution is 6.30. The van der Waals surface area contributed by atoms with Gasteiger partial charge in [0.1, 0.15) is 0 Å². The van der Waals surface area contributed by atoms with E-state index in [-0.39, 0.29) is 18.6 Å². The van der Waals surface area contributed by atoms with Crippen LogP contribution in [0.5, 0.6) is 0 Å². The lowest BCUT2D eigenvalue weighted by atomic mass is 9.78. The first-order chi connectivity index (χ1) is 9.08. The number of halogens is 1. The van der Waals surface area contributed by atoms with Gasteiger partial charge in [-0.15, -0.1) is 0 Å². The molecule has 1 aliphatic rings. The Morgan fingerprint density at radius 1 is 1.47 bits per heavy atom. The Bertz CT molecular complexity index is 455. The Morgan fingerprint density at radius 3 is 2.74 bits per heavy atom. The molecule has 1 amide bonds. The summed E-state index contributed by atoms with van der Waals surface area (Å²) in [5, 5.41) is 12.6. The number of rotatable bonds is 4. The van der Waals surface area contributed by atoms with Gasteiger partial charge in [0, 0.05) is 11.1 Å². The van der Waals surface area contributed by atoms with Crippen LogP contribution in [0.1, 0.15) is 38.2 Å². The molecule has 3 nitrogen and oxygen atoms in total. The van der Waals surface area contributed by atoms with E-state index in [0.717, 1.165) is 31.2 Å². The topological polar surface area (TPSA) is 49.3 Å². The van der Waals surface area contributed by atoms with Crippen LogP contribution in [0, 0.1) is 0 Å². The SMILES string of the molecule is CC(CO)NC(=O)C1(c2cccc(Cl)c2)CCCC1. The van der Waals surface area contributed by atoms with Crippen molar-refractivity contribution in [2.24, 2.45) is 0 Å². The summed E-state index contributed by atoms with van der Waals surface area (Å²) in [6.07, 6.45) is 3.79. The van der Waals surface area contributed by atoms with E-state index in [9.17, 15) is 4.79 Å². The molecule has 4 heteroatoms. The van der Waals surface area contributed by atoms with Crippen molar-refractivity contribution < 1.29 is 9.90 Å². The van der Waals surface area contributed by atoms with Crippen molar-refractivity contribution >= 4 is 17.5 Å². The van der Waals surface area contributed by atoms with Crippen LogP contribution >= 0.6 is 11.6 Å². The molecule has 1 unspecified atom stereocenters. The van der Waals surface area contributed by atoms with Gasteiger partial charge in [-0.2, -0.15) is 0 Å². The van der Waals surface area contributed by atoms with E-state index in [2.05, 4.69) is 5.32 Å². The fourth-order valence-corrected chi connectivity index (χ4v) is 3.01. The number of hydrogen-bond donors (Lipinski definition) is 2. The summed E-state index contributed by atoms with van der Waals surface area (Å²) < 4.78 is 0. The average molecular weight is 282 g/mol. The second kappa shape index (κ2) is 5.93. The first-order valence-electron chi connectivity index (χ1n) is 6.76. The molecule has 0 aromatic heterocycles. The van der Waals surface area contributed by atoms with Gasteiger partial charge in [-0.1, -0.05) is 36.6 Å². The molecule has 0 radical (unpaired) electrons. The van der Waals surface area contributed by atoms with E-state index in [0.29, 0.717) is 5.02 Å². The molecule has 104 valence electrons. The standard InChI is InChI=1S/C15H20ClNO2/c1-11(10-18)17-14(19)15(7-2-3-8-15)12-5-4-6-13(16)9-12/h4-6,9,11,18H,2-3,7-8,10H2,1H3,(H,17,19). The lowest BCUT2D eigenvalue weighted by Crippen LogP contribution is -2.47. The number of aliphatic hydroxyl groups is 1. The van der Waals surface area contributed by atoms with Crippen molar-refractivity contribution in [2.75, 3.05) is 6.61 Å². The quantitative estimate of drug-likeness (QED) is 0.891. The van der Waals surface area contributed by atoms with Crippen LogP contribution in [0.4, 0.5) is 0 Å². The largest absolute Gasteiger partial charge is 0.394 e. The zero-order valence-electron chi connectivity index (χ0n) is 11.2. The lowest BCUT2D eigenvalue weighted by Gasteiger charge is -2.29. The molecule has 1 aromatic carbocycles. The molecule has 0 saturated heterocycles. The Kier molecular flexibility index (Phi) is 4.48. The maximum atomic E-state index is 12.6. The van der Waals surface area contributed by atoms with Crippen LogP contribution in [-0.4, -0.2) is 23.7 Å². The minimum Gasteiger partial charge on any atom is -0.394 e. The molecule has 0 aliphatic heterocycles. The van der Waals surface area contributed by atoms with E-state index in [1.807, 2.05) is 24.3 Å². The van der Waals surface area contributed by atoms with Gasteiger partial charge >= 0.3 is 0 Å². The second-order valence-electron chi connectivity index (χ2n) is 5.36. The molecule has 1 atom stereocenters. The van der Waals surface area contributed by atoms with Gasteiger partial charge in [-0.3, -0.25) is 4.79 Å². The fraction of sp³-hybridized carbons (Fsp3) is 0.533. The summed E-state index contributed by atoms with van der Waals surface area (Å²) in [7, 11) is 0. The number of aliphatic hydroxyl groups excluding tert-OH is 1. The molecule has 0 spiro atoms. The molecule has 1 aliphatic carbocycles. The van der Waals surface area contributed by atoms with Crippen LogP contribution in [-0.2, 0) is 10.2 Å².